The minimum Gasteiger partial charge on any atom is -0.465 e. The fourth-order valence-electron chi connectivity index (χ4n) is 3.69. The molecule has 0 aliphatic heterocycles. The molecule has 31 heavy (non-hydrogen) atoms. The predicted molar refractivity (Wildman–Crippen MR) is 120 cm³/mol. The molecule has 1 saturated carbocycles. The lowest BCUT2D eigenvalue weighted by Gasteiger charge is -2.25. The first-order valence-corrected chi connectivity index (χ1v) is 10.3. The van der Waals surface area contributed by atoms with E-state index in [9.17, 15) is 14.4 Å². The maximum absolute atomic E-state index is 13.2. The van der Waals surface area contributed by atoms with Crippen LogP contribution in [0.5, 0.6) is 0 Å². The maximum Gasteiger partial charge on any atom is 0.337 e. The van der Waals surface area contributed by atoms with Crippen molar-refractivity contribution in [1.29, 1.82) is 0 Å². The van der Waals surface area contributed by atoms with Gasteiger partial charge in [-0.3, -0.25) is 4.79 Å². The molecule has 5 nitrogen and oxygen atoms in total. The lowest BCUT2D eigenvalue weighted by Crippen LogP contribution is -2.19. The van der Waals surface area contributed by atoms with Gasteiger partial charge in [0.05, 0.1) is 25.3 Å². The minimum absolute atomic E-state index is 0.0405. The maximum atomic E-state index is 13.2. The van der Waals surface area contributed by atoms with Gasteiger partial charge in [-0.05, 0) is 66.3 Å². The molecular formula is C26H26O5. The number of carbonyl (C=O) groups excluding carboxylic acids is 3. The summed E-state index contributed by atoms with van der Waals surface area (Å²) in [5.41, 5.74) is 4.22. The standard InChI is InChI=1S/C26H26O5/c1-4-17-13-22(15-18-5-9-20(10-6-18)25(28)30-2)24(27)23(14-17)16-19-7-11-21(12-8-19)26(29)31-3/h5-12,15-17H,4,13-14H2,1-3H3. The van der Waals surface area contributed by atoms with E-state index in [1.165, 1.54) is 14.2 Å². The molecule has 1 aliphatic rings. The fraction of sp³-hybridized carbons (Fsp3) is 0.269. The molecule has 0 amide bonds. The molecule has 0 unspecified atom stereocenters. The van der Waals surface area contributed by atoms with Crippen molar-refractivity contribution in [1.82, 2.24) is 0 Å². The zero-order valence-electron chi connectivity index (χ0n) is 18.0. The highest BCUT2D eigenvalue weighted by molar-refractivity contribution is 6.14. The lowest BCUT2D eigenvalue weighted by atomic mass is 9.78. The van der Waals surface area contributed by atoms with Crippen LogP contribution in [0.4, 0.5) is 0 Å². The second-order valence-electron chi connectivity index (χ2n) is 7.58. The highest BCUT2D eigenvalue weighted by Gasteiger charge is 2.26. The van der Waals surface area contributed by atoms with Gasteiger partial charge in [0.25, 0.3) is 0 Å². The largest absolute Gasteiger partial charge is 0.465 e. The van der Waals surface area contributed by atoms with Crippen molar-refractivity contribution in [2.75, 3.05) is 14.2 Å². The summed E-state index contributed by atoms with van der Waals surface area (Å²) in [6.07, 6.45) is 6.24. The van der Waals surface area contributed by atoms with Crippen molar-refractivity contribution in [3.63, 3.8) is 0 Å². The Kier molecular flexibility index (Phi) is 7.19. The van der Waals surface area contributed by atoms with Crippen LogP contribution in [-0.4, -0.2) is 31.9 Å². The quantitative estimate of drug-likeness (QED) is 0.498. The number of ether oxygens (including phenoxy) is 2. The second-order valence-corrected chi connectivity index (χ2v) is 7.58. The van der Waals surface area contributed by atoms with Crippen LogP contribution in [0.2, 0.25) is 0 Å². The van der Waals surface area contributed by atoms with Crippen LogP contribution in [0.3, 0.4) is 0 Å². The summed E-state index contributed by atoms with van der Waals surface area (Å²) in [6, 6.07) is 14.1. The minimum atomic E-state index is -0.387. The fourth-order valence-corrected chi connectivity index (χ4v) is 3.69. The van der Waals surface area contributed by atoms with Crippen molar-refractivity contribution < 1.29 is 23.9 Å². The van der Waals surface area contributed by atoms with Gasteiger partial charge in [-0.25, -0.2) is 9.59 Å². The molecule has 0 radical (unpaired) electrons. The van der Waals surface area contributed by atoms with Gasteiger partial charge in [0.2, 0.25) is 0 Å². The summed E-state index contributed by atoms with van der Waals surface area (Å²) < 4.78 is 9.46. The summed E-state index contributed by atoms with van der Waals surface area (Å²) in [5, 5.41) is 0. The Morgan fingerprint density at radius 3 is 1.52 bits per heavy atom. The van der Waals surface area contributed by atoms with Gasteiger partial charge in [0.15, 0.2) is 5.78 Å². The number of methoxy groups -OCH3 is 2. The van der Waals surface area contributed by atoms with Crippen molar-refractivity contribution in [3.05, 3.63) is 81.9 Å². The number of hydrogen-bond acceptors (Lipinski definition) is 5. The van der Waals surface area contributed by atoms with E-state index in [1.807, 2.05) is 36.4 Å². The summed E-state index contributed by atoms with van der Waals surface area (Å²) in [4.78, 5) is 36.4. The predicted octanol–water partition coefficient (Wildman–Crippen LogP) is 5.12. The summed E-state index contributed by atoms with van der Waals surface area (Å²) in [6.45, 7) is 2.13. The summed E-state index contributed by atoms with van der Waals surface area (Å²) in [5.74, 6) is -0.345. The molecule has 2 aromatic carbocycles. The smallest absolute Gasteiger partial charge is 0.337 e. The molecule has 0 aromatic heterocycles. The third-order valence-corrected chi connectivity index (χ3v) is 5.52. The molecule has 5 heteroatoms. The van der Waals surface area contributed by atoms with E-state index in [4.69, 9.17) is 9.47 Å². The van der Waals surface area contributed by atoms with E-state index in [0.717, 1.165) is 41.5 Å². The number of benzene rings is 2. The van der Waals surface area contributed by atoms with E-state index < -0.39 is 0 Å². The van der Waals surface area contributed by atoms with Crippen LogP contribution in [0.25, 0.3) is 12.2 Å². The molecule has 0 bridgehead atoms. The average Bonchev–Trinajstić information content (AvgIpc) is 2.81. The Hall–Kier alpha value is -3.47. The van der Waals surface area contributed by atoms with Crippen molar-refractivity contribution >= 4 is 29.9 Å². The van der Waals surface area contributed by atoms with Gasteiger partial charge < -0.3 is 9.47 Å². The first-order valence-electron chi connectivity index (χ1n) is 10.3. The Bertz CT molecular complexity index is 945. The van der Waals surface area contributed by atoms with Crippen LogP contribution in [-0.2, 0) is 14.3 Å². The van der Waals surface area contributed by atoms with Gasteiger partial charge in [0, 0.05) is 11.1 Å². The van der Waals surface area contributed by atoms with Crippen LogP contribution in [0, 0.1) is 5.92 Å². The monoisotopic (exact) mass is 418 g/mol. The number of rotatable bonds is 5. The molecule has 1 aliphatic carbocycles. The molecule has 0 saturated heterocycles. The summed E-state index contributed by atoms with van der Waals surface area (Å²) in [7, 11) is 2.70. The third-order valence-electron chi connectivity index (χ3n) is 5.52. The van der Waals surface area contributed by atoms with E-state index in [1.54, 1.807) is 24.3 Å². The van der Waals surface area contributed by atoms with Gasteiger partial charge >= 0.3 is 11.9 Å². The topological polar surface area (TPSA) is 69.7 Å². The number of esters is 2. The molecular weight excluding hydrogens is 392 g/mol. The lowest BCUT2D eigenvalue weighted by molar-refractivity contribution is -0.113. The molecule has 0 atom stereocenters. The van der Waals surface area contributed by atoms with E-state index in [-0.39, 0.29) is 17.7 Å². The molecule has 2 aromatic rings. The highest BCUT2D eigenvalue weighted by Crippen LogP contribution is 2.34. The number of ketones is 1. The van der Waals surface area contributed by atoms with Crippen LogP contribution in [0.1, 0.15) is 58.0 Å². The van der Waals surface area contributed by atoms with Crippen LogP contribution >= 0.6 is 0 Å². The number of Topliss-reactive ketones (excluding diaryl/α,β-unsaturated/α-hetero) is 1. The average molecular weight is 418 g/mol. The Labute approximate surface area is 182 Å². The van der Waals surface area contributed by atoms with E-state index in [0.29, 0.717) is 17.0 Å². The highest BCUT2D eigenvalue weighted by atomic mass is 16.5. The first-order chi connectivity index (χ1) is 14.9. The number of hydrogen-bond donors (Lipinski definition) is 0. The van der Waals surface area contributed by atoms with E-state index in [2.05, 4.69) is 6.92 Å². The third kappa shape index (κ3) is 5.37. The van der Waals surface area contributed by atoms with Gasteiger partial charge in [-0.1, -0.05) is 37.6 Å². The van der Waals surface area contributed by atoms with Crippen LogP contribution < -0.4 is 0 Å². The molecule has 0 N–H and O–H groups in total. The Morgan fingerprint density at radius 1 is 0.806 bits per heavy atom. The Morgan fingerprint density at radius 2 is 1.19 bits per heavy atom. The summed E-state index contributed by atoms with van der Waals surface area (Å²) >= 11 is 0. The molecule has 0 spiro atoms. The van der Waals surface area contributed by atoms with Crippen molar-refractivity contribution in [2.45, 2.75) is 26.2 Å². The van der Waals surface area contributed by atoms with Gasteiger partial charge in [-0.15, -0.1) is 0 Å². The molecule has 0 heterocycles. The van der Waals surface area contributed by atoms with Crippen LogP contribution in [0.15, 0.2) is 59.7 Å². The number of allylic oxidation sites excluding steroid dienone is 2. The van der Waals surface area contributed by atoms with Gasteiger partial charge in [0.1, 0.15) is 0 Å². The zero-order valence-corrected chi connectivity index (χ0v) is 18.0. The van der Waals surface area contributed by atoms with Gasteiger partial charge in [-0.2, -0.15) is 0 Å². The molecule has 1 fully saturated rings. The SMILES string of the molecule is CCC1CC(=Cc2ccc(C(=O)OC)cc2)C(=O)C(=Cc2ccc(C(=O)OC)cc2)C1. The zero-order chi connectivity index (χ0) is 22.4. The molecule has 3 rings (SSSR count). The van der Waals surface area contributed by atoms with Crippen molar-refractivity contribution in [2.24, 2.45) is 5.92 Å². The number of carbonyl (C=O) groups is 3. The van der Waals surface area contributed by atoms with Crippen molar-refractivity contribution in [3.8, 4) is 0 Å². The Balaban J connectivity index is 1.87. The second kappa shape index (κ2) is 10.0. The normalized spacial score (nSPS) is 18.8. The first kappa shape index (κ1) is 22.2. The molecule has 160 valence electrons. The van der Waals surface area contributed by atoms with E-state index >= 15 is 0 Å².